The molecule has 0 radical (unpaired) electrons. The van der Waals surface area contributed by atoms with Crippen LogP contribution in [0.25, 0.3) is 0 Å². The maximum Gasteiger partial charge on any atom is 0.0939 e. The predicted octanol–water partition coefficient (Wildman–Crippen LogP) is 4.66. The minimum atomic E-state index is -1.40. The number of allylic oxidation sites excluding steroid dienone is 4. The summed E-state index contributed by atoms with van der Waals surface area (Å²) in [6, 6.07) is 12.5. The van der Waals surface area contributed by atoms with E-state index in [-0.39, 0.29) is 0 Å². The highest BCUT2D eigenvalue weighted by Crippen LogP contribution is 2.34. The maximum absolute atomic E-state index is 2.53. The largest absolute Gasteiger partial charge is 0.0939 e. The lowest BCUT2D eigenvalue weighted by molar-refractivity contribution is 0.927. The highest BCUT2D eigenvalue weighted by Gasteiger charge is 2.35. The fourth-order valence-electron chi connectivity index (χ4n) is 2.87. The Labute approximate surface area is 112 Å². The number of rotatable bonds is 5. The van der Waals surface area contributed by atoms with Gasteiger partial charge in [0, 0.05) is 0 Å². The van der Waals surface area contributed by atoms with Gasteiger partial charge in [-0.15, -0.1) is 0 Å². The molecule has 2 atom stereocenters. The molecule has 18 heavy (non-hydrogen) atoms. The van der Waals surface area contributed by atoms with E-state index in [4.69, 9.17) is 0 Å². The van der Waals surface area contributed by atoms with Crippen LogP contribution in [0.4, 0.5) is 0 Å². The first-order chi connectivity index (χ1) is 8.70. The van der Waals surface area contributed by atoms with Gasteiger partial charge < -0.3 is 0 Å². The monoisotopic (exact) mass is 256 g/mol. The van der Waals surface area contributed by atoms with Crippen LogP contribution in [0.3, 0.4) is 0 Å². The summed E-state index contributed by atoms with van der Waals surface area (Å²) >= 11 is 0. The number of hydrogen-bond acceptors (Lipinski definition) is 0. The first kappa shape index (κ1) is 13.4. The van der Waals surface area contributed by atoms with Gasteiger partial charge in [-0.25, -0.2) is 0 Å². The molecule has 1 aromatic carbocycles. The van der Waals surface area contributed by atoms with Crippen molar-refractivity contribution >= 4 is 13.3 Å². The van der Waals surface area contributed by atoms with Crippen molar-refractivity contribution in [2.24, 2.45) is 0 Å². The molecule has 1 aliphatic carbocycles. The summed E-state index contributed by atoms with van der Waals surface area (Å²) in [4.78, 5) is 0. The Balaban J connectivity index is 2.27. The Hall–Kier alpha value is -1.08. The normalized spacial score (nSPS) is 21.7. The average Bonchev–Trinajstić information content (AvgIpc) is 2.88. The molecule has 0 N–H and O–H groups in total. The molecule has 0 aromatic heterocycles. The minimum Gasteiger partial charge on any atom is -0.0797 e. The van der Waals surface area contributed by atoms with E-state index < -0.39 is 8.07 Å². The van der Waals surface area contributed by atoms with E-state index in [1.165, 1.54) is 18.9 Å². The van der Waals surface area contributed by atoms with Gasteiger partial charge in [-0.1, -0.05) is 92.2 Å². The second-order valence-electron chi connectivity index (χ2n) is 5.51. The number of hydrogen-bond donors (Lipinski definition) is 0. The van der Waals surface area contributed by atoms with Crippen molar-refractivity contribution in [1.29, 1.82) is 0 Å². The van der Waals surface area contributed by atoms with E-state index in [1.54, 1.807) is 10.8 Å². The lowest BCUT2D eigenvalue weighted by atomic mass is 10.2. The summed E-state index contributed by atoms with van der Waals surface area (Å²) < 4.78 is 0. The molecule has 2 unspecified atom stereocenters. The van der Waals surface area contributed by atoms with Gasteiger partial charge in [0.25, 0.3) is 0 Å². The number of benzene rings is 1. The van der Waals surface area contributed by atoms with Crippen LogP contribution in [0.2, 0.25) is 18.1 Å². The smallest absolute Gasteiger partial charge is 0.0797 e. The molecule has 0 fully saturated rings. The maximum atomic E-state index is 2.53. The molecular formula is C17H24Si. The van der Waals surface area contributed by atoms with Crippen LogP contribution in [0.1, 0.15) is 26.7 Å². The topological polar surface area (TPSA) is 0 Å². The van der Waals surface area contributed by atoms with Crippen molar-refractivity contribution in [3.05, 3.63) is 54.1 Å². The van der Waals surface area contributed by atoms with Crippen molar-refractivity contribution in [3.63, 3.8) is 0 Å². The van der Waals surface area contributed by atoms with Crippen LogP contribution in [0.15, 0.2) is 54.1 Å². The Morgan fingerprint density at radius 2 is 1.83 bits per heavy atom. The predicted molar refractivity (Wildman–Crippen MR) is 84.1 cm³/mol. The van der Waals surface area contributed by atoms with Crippen LogP contribution >= 0.6 is 0 Å². The molecule has 1 aromatic rings. The summed E-state index contributed by atoms with van der Waals surface area (Å²) in [5.74, 6) is 0. The van der Waals surface area contributed by atoms with E-state index in [1.807, 2.05) is 0 Å². The van der Waals surface area contributed by atoms with Crippen molar-refractivity contribution in [1.82, 2.24) is 0 Å². The lowest BCUT2D eigenvalue weighted by Crippen LogP contribution is -2.47. The summed E-state index contributed by atoms with van der Waals surface area (Å²) in [6.07, 6.45) is 9.83. The average molecular weight is 256 g/mol. The summed E-state index contributed by atoms with van der Waals surface area (Å²) in [7, 11) is -1.40. The van der Waals surface area contributed by atoms with E-state index in [9.17, 15) is 0 Å². The standard InChI is InChI=1S/C17H24Si/c1-4-9-15-12-13-17(14-15)18(3,5-2)16-10-7-6-8-11-16/h6-8,10-14,17H,4-5,9H2,1-3H3. The van der Waals surface area contributed by atoms with Gasteiger partial charge in [0.15, 0.2) is 0 Å². The van der Waals surface area contributed by atoms with Crippen LogP contribution < -0.4 is 5.19 Å². The Bertz CT molecular complexity index is 444. The molecule has 0 spiro atoms. The first-order valence-electron chi connectivity index (χ1n) is 7.15. The Morgan fingerprint density at radius 1 is 1.11 bits per heavy atom. The third-order valence-electron chi connectivity index (χ3n) is 4.35. The second kappa shape index (κ2) is 5.70. The third-order valence-corrected chi connectivity index (χ3v) is 9.31. The van der Waals surface area contributed by atoms with Crippen LogP contribution in [0.5, 0.6) is 0 Å². The molecule has 0 aliphatic heterocycles. The minimum absolute atomic E-state index is 0.687. The van der Waals surface area contributed by atoms with Gasteiger partial charge in [0.2, 0.25) is 0 Å². The van der Waals surface area contributed by atoms with Crippen molar-refractivity contribution in [3.8, 4) is 0 Å². The highest BCUT2D eigenvalue weighted by atomic mass is 28.3. The molecule has 0 saturated heterocycles. The fourth-order valence-corrected chi connectivity index (χ4v) is 6.19. The SMILES string of the molecule is CCCC1=CC([Si](C)(CC)c2ccccc2)C=C1. The molecular weight excluding hydrogens is 232 g/mol. The molecule has 0 bridgehead atoms. The molecule has 0 amide bonds. The zero-order valence-corrected chi connectivity index (χ0v) is 12.8. The van der Waals surface area contributed by atoms with E-state index in [0.717, 1.165) is 0 Å². The van der Waals surface area contributed by atoms with Gasteiger partial charge in [0.05, 0.1) is 8.07 Å². The molecule has 0 heterocycles. The molecule has 96 valence electrons. The third kappa shape index (κ3) is 2.51. The zero-order valence-electron chi connectivity index (χ0n) is 11.8. The van der Waals surface area contributed by atoms with Crippen molar-refractivity contribution in [2.45, 2.75) is 44.8 Å². The Kier molecular flexibility index (Phi) is 4.23. The van der Waals surface area contributed by atoms with E-state index >= 15 is 0 Å². The summed E-state index contributed by atoms with van der Waals surface area (Å²) in [5.41, 5.74) is 2.23. The van der Waals surface area contributed by atoms with Gasteiger partial charge >= 0.3 is 0 Å². The van der Waals surface area contributed by atoms with Crippen molar-refractivity contribution < 1.29 is 0 Å². The molecule has 1 heteroatoms. The zero-order chi connectivity index (χ0) is 13.0. The lowest BCUT2D eigenvalue weighted by Gasteiger charge is -2.31. The fraction of sp³-hybridized carbons (Fsp3) is 0.412. The van der Waals surface area contributed by atoms with Gasteiger partial charge in [-0.05, 0) is 12.0 Å². The van der Waals surface area contributed by atoms with E-state index in [2.05, 4.69) is 69.0 Å². The van der Waals surface area contributed by atoms with Gasteiger partial charge in [-0.3, -0.25) is 0 Å². The van der Waals surface area contributed by atoms with Gasteiger partial charge in [0.1, 0.15) is 0 Å². The molecule has 1 aliphatic rings. The van der Waals surface area contributed by atoms with Crippen LogP contribution in [0, 0.1) is 0 Å². The second-order valence-corrected chi connectivity index (χ2v) is 10.3. The van der Waals surface area contributed by atoms with Crippen LogP contribution in [-0.4, -0.2) is 8.07 Å². The molecule has 2 rings (SSSR count). The van der Waals surface area contributed by atoms with Crippen LogP contribution in [-0.2, 0) is 0 Å². The van der Waals surface area contributed by atoms with Gasteiger partial charge in [-0.2, -0.15) is 0 Å². The summed E-state index contributed by atoms with van der Waals surface area (Å²) in [6.45, 7) is 7.15. The molecule has 0 nitrogen and oxygen atoms in total. The van der Waals surface area contributed by atoms with Crippen molar-refractivity contribution in [2.75, 3.05) is 0 Å². The quantitative estimate of drug-likeness (QED) is 0.672. The Morgan fingerprint density at radius 3 is 2.44 bits per heavy atom. The molecule has 0 saturated carbocycles. The first-order valence-corrected chi connectivity index (χ1v) is 9.93. The summed E-state index contributed by atoms with van der Waals surface area (Å²) in [5, 5.41) is 1.59. The van der Waals surface area contributed by atoms with E-state index in [0.29, 0.717) is 5.54 Å². The highest BCUT2D eigenvalue weighted by molar-refractivity contribution is 6.92.